The van der Waals surface area contributed by atoms with E-state index in [1.807, 2.05) is 6.07 Å². The van der Waals surface area contributed by atoms with Gasteiger partial charge < -0.3 is 4.74 Å². The molecule has 0 spiro atoms. The van der Waals surface area contributed by atoms with Crippen molar-refractivity contribution >= 4 is 23.1 Å². The van der Waals surface area contributed by atoms with Gasteiger partial charge in [-0.25, -0.2) is 0 Å². The number of nitro benzene ring substituents is 1. The minimum absolute atomic E-state index is 0.143. The molecule has 2 rings (SSSR count). The molecule has 0 atom stereocenters. The second-order valence-electron chi connectivity index (χ2n) is 4.41. The van der Waals surface area contributed by atoms with Crippen LogP contribution in [0.1, 0.15) is 22.8 Å². The largest absolute Gasteiger partial charge is 0.488 e. The first-order chi connectivity index (χ1) is 9.97. The van der Waals surface area contributed by atoms with Crippen molar-refractivity contribution in [2.75, 3.05) is 0 Å². The number of hydrogen-bond donors (Lipinski definition) is 0. The van der Waals surface area contributed by atoms with Gasteiger partial charge in [0.05, 0.1) is 10.5 Å². The Morgan fingerprint density at radius 3 is 2.67 bits per heavy atom. The SMILES string of the molecule is CC(=O)c1cc([N+](=O)[O-])ccc1OCc1cccc(Cl)c1. The highest BCUT2D eigenvalue weighted by Gasteiger charge is 2.15. The molecule has 0 N–H and O–H groups in total. The molecule has 5 nitrogen and oxygen atoms in total. The summed E-state index contributed by atoms with van der Waals surface area (Å²) in [6.45, 7) is 1.56. The highest BCUT2D eigenvalue weighted by molar-refractivity contribution is 6.30. The van der Waals surface area contributed by atoms with Crippen molar-refractivity contribution in [3.8, 4) is 5.75 Å². The molecule has 2 aromatic rings. The van der Waals surface area contributed by atoms with Crippen molar-refractivity contribution in [1.29, 1.82) is 0 Å². The Morgan fingerprint density at radius 2 is 2.05 bits per heavy atom. The summed E-state index contributed by atoms with van der Waals surface area (Å²) in [5, 5.41) is 11.3. The van der Waals surface area contributed by atoms with Crippen LogP contribution in [0.25, 0.3) is 0 Å². The van der Waals surface area contributed by atoms with E-state index in [0.29, 0.717) is 10.8 Å². The van der Waals surface area contributed by atoms with E-state index >= 15 is 0 Å². The highest BCUT2D eigenvalue weighted by atomic mass is 35.5. The molecule has 0 heterocycles. The monoisotopic (exact) mass is 305 g/mol. The molecule has 2 aromatic carbocycles. The topological polar surface area (TPSA) is 69.4 Å². The summed E-state index contributed by atoms with van der Waals surface area (Å²) in [6, 6.07) is 11.1. The van der Waals surface area contributed by atoms with E-state index in [1.165, 1.54) is 25.1 Å². The van der Waals surface area contributed by atoms with E-state index in [9.17, 15) is 14.9 Å². The Labute approximate surface area is 126 Å². The Balaban J connectivity index is 2.23. The summed E-state index contributed by atoms with van der Waals surface area (Å²) in [7, 11) is 0. The third kappa shape index (κ3) is 3.79. The Hall–Kier alpha value is -2.40. The van der Waals surface area contributed by atoms with Gasteiger partial charge in [-0.1, -0.05) is 23.7 Å². The van der Waals surface area contributed by atoms with E-state index < -0.39 is 4.92 Å². The fraction of sp³-hybridized carbons (Fsp3) is 0.133. The number of ketones is 1. The molecule has 0 aliphatic carbocycles. The molecule has 0 aliphatic heterocycles. The van der Waals surface area contributed by atoms with Crippen LogP contribution in [-0.2, 0) is 6.61 Å². The maximum Gasteiger partial charge on any atom is 0.270 e. The lowest BCUT2D eigenvalue weighted by Gasteiger charge is -2.10. The summed E-state index contributed by atoms with van der Waals surface area (Å²) in [5.41, 5.74) is 0.886. The van der Waals surface area contributed by atoms with Crippen LogP contribution in [0.2, 0.25) is 5.02 Å². The summed E-state index contributed by atoms with van der Waals surface area (Å²) in [5.74, 6) is 0.0212. The van der Waals surface area contributed by atoms with E-state index in [1.54, 1.807) is 18.2 Å². The first-order valence-electron chi connectivity index (χ1n) is 6.14. The van der Waals surface area contributed by atoms with E-state index in [0.717, 1.165) is 5.56 Å². The molecule has 21 heavy (non-hydrogen) atoms. The number of benzene rings is 2. The van der Waals surface area contributed by atoms with Crippen molar-refractivity contribution < 1.29 is 14.5 Å². The van der Waals surface area contributed by atoms with E-state index in [-0.39, 0.29) is 23.6 Å². The molecule has 0 saturated carbocycles. The van der Waals surface area contributed by atoms with Crippen molar-refractivity contribution in [2.24, 2.45) is 0 Å². The number of nitro groups is 1. The fourth-order valence-electron chi connectivity index (χ4n) is 1.82. The standard InChI is InChI=1S/C15H12ClNO4/c1-10(18)14-8-13(17(19)20)5-6-15(14)21-9-11-3-2-4-12(16)7-11/h2-8H,9H2,1H3. The predicted octanol–water partition coefficient (Wildman–Crippen LogP) is 4.03. The predicted molar refractivity (Wildman–Crippen MR) is 78.9 cm³/mol. The lowest BCUT2D eigenvalue weighted by Crippen LogP contribution is -2.02. The smallest absolute Gasteiger partial charge is 0.270 e. The van der Waals surface area contributed by atoms with Gasteiger partial charge >= 0.3 is 0 Å². The van der Waals surface area contributed by atoms with Crippen LogP contribution in [0.15, 0.2) is 42.5 Å². The average Bonchev–Trinajstić information content (AvgIpc) is 2.44. The van der Waals surface area contributed by atoms with Gasteiger partial charge in [0.2, 0.25) is 0 Å². The van der Waals surface area contributed by atoms with Crippen LogP contribution < -0.4 is 4.74 Å². The van der Waals surface area contributed by atoms with Crippen LogP contribution in [0.5, 0.6) is 5.75 Å². The van der Waals surface area contributed by atoms with Gasteiger partial charge in [-0.15, -0.1) is 0 Å². The maximum atomic E-state index is 11.6. The van der Waals surface area contributed by atoms with E-state index in [4.69, 9.17) is 16.3 Å². The Morgan fingerprint density at radius 1 is 1.29 bits per heavy atom. The van der Waals surface area contributed by atoms with Crippen LogP contribution in [0, 0.1) is 10.1 Å². The average molecular weight is 306 g/mol. The fourth-order valence-corrected chi connectivity index (χ4v) is 2.03. The second-order valence-corrected chi connectivity index (χ2v) is 4.85. The van der Waals surface area contributed by atoms with Gasteiger partial charge in [0.15, 0.2) is 5.78 Å². The third-order valence-corrected chi connectivity index (χ3v) is 3.07. The van der Waals surface area contributed by atoms with Gasteiger partial charge in [0.1, 0.15) is 12.4 Å². The first-order valence-corrected chi connectivity index (χ1v) is 6.52. The van der Waals surface area contributed by atoms with Crippen LogP contribution in [-0.4, -0.2) is 10.7 Å². The number of carbonyl (C=O) groups excluding carboxylic acids is 1. The number of hydrogen-bond acceptors (Lipinski definition) is 4. The lowest BCUT2D eigenvalue weighted by molar-refractivity contribution is -0.384. The van der Waals surface area contributed by atoms with Gasteiger partial charge in [-0.3, -0.25) is 14.9 Å². The number of nitrogens with zero attached hydrogens (tertiary/aromatic N) is 1. The van der Waals surface area contributed by atoms with Crippen LogP contribution in [0.3, 0.4) is 0 Å². The maximum absolute atomic E-state index is 11.6. The molecule has 0 aromatic heterocycles. The van der Waals surface area contributed by atoms with Gasteiger partial charge in [0.25, 0.3) is 5.69 Å². The number of carbonyl (C=O) groups is 1. The zero-order valence-electron chi connectivity index (χ0n) is 11.2. The minimum Gasteiger partial charge on any atom is -0.488 e. The first kappa shape index (κ1) is 15.0. The molecule has 0 bridgehead atoms. The summed E-state index contributed by atoms with van der Waals surface area (Å²) >= 11 is 5.88. The van der Waals surface area contributed by atoms with Crippen molar-refractivity contribution in [2.45, 2.75) is 13.5 Å². The van der Waals surface area contributed by atoms with Crippen LogP contribution >= 0.6 is 11.6 Å². The number of ether oxygens (including phenoxy) is 1. The van der Waals surface area contributed by atoms with Crippen molar-refractivity contribution in [1.82, 2.24) is 0 Å². The molecule has 6 heteroatoms. The molecule has 0 radical (unpaired) electrons. The number of non-ortho nitro benzene ring substituents is 1. The molecule has 0 fully saturated rings. The Kier molecular flexibility index (Phi) is 4.55. The van der Waals surface area contributed by atoms with Crippen LogP contribution in [0.4, 0.5) is 5.69 Å². The molecular weight excluding hydrogens is 294 g/mol. The quantitative estimate of drug-likeness (QED) is 0.475. The molecule has 108 valence electrons. The third-order valence-electron chi connectivity index (χ3n) is 2.84. The molecule has 0 aliphatic rings. The molecule has 0 saturated heterocycles. The number of halogens is 1. The van der Waals surface area contributed by atoms with E-state index in [2.05, 4.69) is 0 Å². The zero-order valence-corrected chi connectivity index (χ0v) is 12.0. The normalized spacial score (nSPS) is 10.2. The van der Waals surface area contributed by atoms with Crippen molar-refractivity contribution in [3.63, 3.8) is 0 Å². The summed E-state index contributed by atoms with van der Waals surface area (Å²) in [4.78, 5) is 21.8. The highest BCUT2D eigenvalue weighted by Crippen LogP contribution is 2.25. The number of Topliss-reactive ketones (excluding diaryl/α,β-unsaturated/α-hetero) is 1. The van der Waals surface area contributed by atoms with Crippen molar-refractivity contribution in [3.05, 3.63) is 68.7 Å². The summed E-state index contributed by atoms with van der Waals surface area (Å²) in [6.07, 6.45) is 0. The molecule has 0 amide bonds. The molecule has 0 unspecified atom stereocenters. The minimum atomic E-state index is -0.548. The summed E-state index contributed by atoms with van der Waals surface area (Å²) < 4.78 is 5.57. The Bertz CT molecular complexity index is 700. The van der Waals surface area contributed by atoms with Gasteiger partial charge in [-0.2, -0.15) is 0 Å². The number of rotatable bonds is 5. The second kappa shape index (κ2) is 6.37. The van der Waals surface area contributed by atoms with Gasteiger partial charge in [0, 0.05) is 17.2 Å². The molecular formula is C15H12ClNO4. The zero-order chi connectivity index (χ0) is 15.4. The van der Waals surface area contributed by atoms with Gasteiger partial charge in [-0.05, 0) is 30.7 Å². The lowest BCUT2D eigenvalue weighted by atomic mass is 10.1.